The van der Waals surface area contributed by atoms with Gasteiger partial charge in [0.15, 0.2) is 0 Å². The minimum Gasteiger partial charge on any atom is -0.277 e. The zero-order valence-corrected chi connectivity index (χ0v) is 10.5. The first-order valence-corrected chi connectivity index (χ1v) is 6.82. The Morgan fingerprint density at radius 2 is 1.61 bits per heavy atom. The van der Waals surface area contributed by atoms with Gasteiger partial charge in [-0.3, -0.25) is 4.72 Å². The second kappa shape index (κ2) is 4.78. The number of benzene rings is 2. The third-order valence-electron chi connectivity index (χ3n) is 2.50. The molecule has 94 valence electrons. The lowest BCUT2D eigenvalue weighted by molar-refractivity contribution is 0.598. The Labute approximate surface area is 105 Å². The average molecular weight is 265 g/mol. The number of halogens is 1. The quantitative estimate of drug-likeness (QED) is 0.927. The van der Waals surface area contributed by atoms with E-state index in [4.69, 9.17) is 0 Å². The summed E-state index contributed by atoms with van der Waals surface area (Å²) in [5, 5.41) is 0. The SMILES string of the molecule is Cc1ccccc1S(=O)(=O)Nc1ccccc1F. The van der Waals surface area contributed by atoms with Crippen LogP contribution in [0.3, 0.4) is 0 Å². The fourth-order valence-electron chi connectivity index (χ4n) is 1.60. The van der Waals surface area contributed by atoms with Crippen molar-refractivity contribution in [2.45, 2.75) is 11.8 Å². The Morgan fingerprint density at radius 3 is 2.28 bits per heavy atom. The highest BCUT2D eigenvalue weighted by molar-refractivity contribution is 7.92. The van der Waals surface area contributed by atoms with E-state index >= 15 is 0 Å². The maximum Gasteiger partial charge on any atom is 0.262 e. The smallest absolute Gasteiger partial charge is 0.262 e. The molecular formula is C13H12FNO2S. The van der Waals surface area contributed by atoms with Crippen molar-refractivity contribution in [3.8, 4) is 0 Å². The van der Waals surface area contributed by atoms with E-state index in [1.165, 1.54) is 24.3 Å². The molecule has 0 aromatic heterocycles. The molecule has 0 aliphatic heterocycles. The fourth-order valence-corrected chi connectivity index (χ4v) is 2.92. The lowest BCUT2D eigenvalue weighted by atomic mass is 10.2. The summed E-state index contributed by atoms with van der Waals surface area (Å²) in [4.78, 5) is 0.147. The third-order valence-corrected chi connectivity index (χ3v) is 4.03. The molecule has 0 unspecified atom stereocenters. The highest BCUT2D eigenvalue weighted by Gasteiger charge is 2.17. The number of sulfonamides is 1. The van der Waals surface area contributed by atoms with E-state index in [9.17, 15) is 12.8 Å². The molecule has 0 fully saturated rings. The normalized spacial score (nSPS) is 11.2. The molecular weight excluding hydrogens is 253 g/mol. The molecule has 2 aromatic carbocycles. The van der Waals surface area contributed by atoms with Gasteiger partial charge in [0.1, 0.15) is 5.82 Å². The van der Waals surface area contributed by atoms with Crippen LogP contribution >= 0.6 is 0 Å². The Bertz CT molecular complexity index is 668. The van der Waals surface area contributed by atoms with Crippen LogP contribution in [0.1, 0.15) is 5.56 Å². The Balaban J connectivity index is 2.40. The van der Waals surface area contributed by atoms with E-state index in [2.05, 4.69) is 4.72 Å². The molecule has 2 rings (SSSR count). The van der Waals surface area contributed by atoms with Crippen LogP contribution in [0.5, 0.6) is 0 Å². The summed E-state index contributed by atoms with van der Waals surface area (Å²) < 4.78 is 39.8. The molecule has 3 nitrogen and oxygen atoms in total. The standard InChI is InChI=1S/C13H12FNO2S/c1-10-6-2-5-9-13(10)18(16,17)15-12-8-4-3-7-11(12)14/h2-9,15H,1H3. The van der Waals surface area contributed by atoms with Crippen LogP contribution < -0.4 is 4.72 Å². The number of rotatable bonds is 3. The zero-order chi connectivity index (χ0) is 13.2. The van der Waals surface area contributed by atoms with Gasteiger partial charge in [-0.05, 0) is 30.7 Å². The van der Waals surface area contributed by atoms with Gasteiger partial charge in [0, 0.05) is 0 Å². The fraction of sp³-hybridized carbons (Fsp3) is 0.0769. The van der Waals surface area contributed by atoms with Gasteiger partial charge in [0.05, 0.1) is 10.6 Å². The molecule has 0 spiro atoms. The maximum atomic E-state index is 13.4. The van der Waals surface area contributed by atoms with Crippen LogP contribution in [-0.4, -0.2) is 8.42 Å². The molecule has 1 N–H and O–H groups in total. The zero-order valence-electron chi connectivity index (χ0n) is 9.72. The van der Waals surface area contributed by atoms with Gasteiger partial charge in [-0.15, -0.1) is 0 Å². The summed E-state index contributed by atoms with van der Waals surface area (Å²) in [6, 6.07) is 12.2. The van der Waals surface area contributed by atoms with Crippen LogP contribution in [0, 0.1) is 12.7 Å². The van der Waals surface area contributed by atoms with Crippen molar-refractivity contribution in [2.75, 3.05) is 4.72 Å². The number of aryl methyl sites for hydroxylation is 1. The number of nitrogens with one attached hydrogen (secondary N) is 1. The van der Waals surface area contributed by atoms with Crippen LogP contribution in [0.2, 0.25) is 0 Å². The second-order valence-electron chi connectivity index (χ2n) is 3.85. The Hall–Kier alpha value is -1.88. The highest BCUT2D eigenvalue weighted by atomic mass is 32.2. The molecule has 0 heterocycles. The van der Waals surface area contributed by atoms with Crippen molar-refractivity contribution in [1.82, 2.24) is 0 Å². The molecule has 0 aliphatic carbocycles. The van der Waals surface area contributed by atoms with E-state index in [1.807, 2.05) is 0 Å². The van der Waals surface area contributed by atoms with Crippen molar-refractivity contribution >= 4 is 15.7 Å². The van der Waals surface area contributed by atoms with Crippen molar-refractivity contribution in [1.29, 1.82) is 0 Å². The minimum absolute atomic E-state index is 0.0549. The summed E-state index contributed by atoms with van der Waals surface area (Å²) in [7, 11) is -3.76. The summed E-state index contributed by atoms with van der Waals surface area (Å²) in [6.07, 6.45) is 0. The molecule has 0 aliphatic rings. The summed E-state index contributed by atoms with van der Waals surface area (Å²) >= 11 is 0. The average Bonchev–Trinajstić information content (AvgIpc) is 2.32. The number of anilines is 1. The first-order valence-electron chi connectivity index (χ1n) is 5.34. The van der Waals surface area contributed by atoms with Gasteiger partial charge >= 0.3 is 0 Å². The minimum atomic E-state index is -3.76. The van der Waals surface area contributed by atoms with E-state index in [0.717, 1.165) is 0 Å². The van der Waals surface area contributed by atoms with Gasteiger partial charge in [0.25, 0.3) is 10.0 Å². The maximum absolute atomic E-state index is 13.4. The predicted octanol–water partition coefficient (Wildman–Crippen LogP) is 2.93. The van der Waals surface area contributed by atoms with Crippen LogP contribution in [0.15, 0.2) is 53.4 Å². The number of hydrogen-bond acceptors (Lipinski definition) is 2. The van der Waals surface area contributed by atoms with Crippen LogP contribution in [-0.2, 0) is 10.0 Å². The monoisotopic (exact) mass is 265 g/mol. The molecule has 2 aromatic rings. The molecule has 0 saturated heterocycles. The third kappa shape index (κ3) is 2.51. The molecule has 0 saturated carbocycles. The Kier molecular flexibility index (Phi) is 3.34. The van der Waals surface area contributed by atoms with Crippen molar-refractivity contribution < 1.29 is 12.8 Å². The van der Waals surface area contributed by atoms with Crippen LogP contribution in [0.4, 0.5) is 10.1 Å². The number of para-hydroxylation sites is 1. The van der Waals surface area contributed by atoms with Gasteiger partial charge in [-0.1, -0.05) is 30.3 Å². The van der Waals surface area contributed by atoms with Gasteiger partial charge in [-0.25, -0.2) is 12.8 Å². The van der Waals surface area contributed by atoms with Crippen LogP contribution in [0.25, 0.3) is 0 Å². The lowest BCUT2D eigenvalue weighted by Crippen LogP contribution is -2.15. The van der Waals surface area contributed by atoms with Gasteiger partial charge in [-0.2, -0.15) is 0 Å². The molecule has 0 atom stereocenters. The van der Waals surface area contributed by atoms with E-state index < -0.39 is 15.8 Å². The Morgan fingerprint density at radius 1 is 1.00 bits per heavy atom. The van der Waals surface area contributed by atoms with E-state index in [1.54, 1.807) is 31.2 Å². The first-order chi connectivity index (χ1) is 8.50. The number of hydrogen-bond donors (Lipinski definition) is 1. The molecule has 0 amide bonds. The lowest BCUT2D eigenvalue weighted by Gasteiger charge is -2.10. The van der Waals surface area contributed by atoms with Gasteiger partial charge < -0.3 is 0 Å². The molecule has 0 bridgehead atoms. The van der Waals surface area contributed by atoms with Gasteiger partial charge in [0.2, 0.25) is 0 Å². The largest absolute Gasteiger partial charge is 0.277 e. The molecule has 5 heteroatoms. The summed E-state index contributed by atoms with van der Waals surface area (Å²) in [5.74, 6) is -0.602. The van der Waals surface area contributed by atoms with Crippen molar-refractivity contribution in [3.63, 3.8) is 0 Å². The molecule has 0 radical (unpaired) electrons. The highest BCUT2D eigenvalue weighted by Crippen LogP contribution is 2.20. The summed E-state index contributed by atoms with van der Waals surface area (Å²) in [6.45, 7) is 1.69. The summed E-state index contributed by atoms with van der Waals surface area (Å²) in [5.41, 5.74) is 0.557. The molecule has 18 heavy (non-hydrogen) atoms. The second-order valence-corrected chi connectivity index (χ2v) is 5.50. The van der Waals surface area contributed by atoms with E-state index in [0.29, 0.717) is 5.56 Å². The van der Waals surface area contributed by atoms with Crippen molar-refractivity contribution in [3.05, 3.63) is 59.9 Å². The first kappa shape index (κ1) is 12.6. The predicted molar refractivity (Wildman–Crippen MR) is 68.4 cm³/mol. The van der Waals surface area contributed by atoms with E-state index in [-0.39, 0.29) is 10.6 Å². The topological polar surface area (TPSA) is 46.2 Å². The van der Waals surface area contributed by atoms with Crippen molar-refractivity contribution in [2.24, 2.45) is 0 Å².